The smallest absolute Gasteiger partial charge is 0.393 e. The quantitative estimate of drug-likeness (QED) is 0.832. The van der Waals surface area contributed by atoms with Crippen molar-refractivity contribution in [3.8, 4) is 0 Å². The van der Waals surface area contributed by atoms with E-state index in [1.807, 2.05) is 6.92 Å². The molecule has 2 atom stereocenters. The third kappa shape index (κ3) is 2.08. The summed E-state index contributed by atoms with van der Waals surface area (Å²) in [5.74, 6) is 0. The van der Waals surface area contributed by atoms with Gasteiger partial charge in [-0.05, 0) is 19.3 Å². The number of nitrogens with zero attached hydrogens (tertiary/aromatic N) is 1. The van der Waals surface area contributed by atoms with Gasteiger partial charge in [0.2, 0.25) is 0 Å². The van der Waals surface area contributed by atoms with Crippen LogP contribution in [0.2, 0.25) is 0 Å². The van der Waals surface area contributed by atoms with Crippen molar-refractivity contribution in [3.63, 3.8) is 0 Å². The van der Waals surface area contributed by atoms with Crippen LogP contribution in [0.25, 0.3) is 0 Å². The SMILES string of the molecule is CC1(c2cnc(C(F)(F)F)s2)CCC(O)C1. The summed E-state index contributed by atoms with van der Waals surface area (Å²) in [6, 6.07) is 0. The Kier molecular flexibility index (Phi) is 2.74. The van der Waals surface area contributed by atoms with E-state index in [0.717, 1.165) is 0 Å². The molecule has 0 saturated heterocycles. The first-order valence-electron chi connectivity index (χ1n) is 5.03. The van der Waals surface area contributed by atoms with E-state index in [1.165, 1.54) is 6.20 Å². The van der Waals surface area contributed by atoms with Crippen LogP contribution < -0.4 is 0 Å². The molecule has 0 amide bonds. The third-order valence-corrected chi connectivity index (χ3v) is 4.41. The van der Waals surface area contributed by atoms with Crippen LogP contribution in [-0.2, 0) is 11.6 Å². The van der Waals surface area contributed by atoms with Crippen LogP contribution in [0.3, 0.4) is 0 Å². The number of rotatable bonds is 1. The minimum absolute atomic E-state index is 0.347. The second kappa shape index (κ2) is 3.70. The Morgan fingerprint density at radius 1 is 1.56 bits per heavy atom. The van der Waals surface area contributed by atoms with Crippen LogP contribution in [-0.4, -0.2) is 16.2 Å². The highest BCUT2D eigenvalue weighted by molar-refractivity contribution is 7.11. The number of halogens is 3. The topological polar surface area (TPSA) is 33.1 Å². The summed E-state index contributed by atoms with van der Waals surface area (Å²) in [6.07, 6.45) is -1.58. The van der Waals surface area contributed by atoms with Crippen LogP contribution in [0.15, 0.2) is 6.20 Å². The molecular weight excluding hydrogens is 239 g/mol. The molecule has 1 aliphatic carbocycles. The second-order valence-corrected chi connectivity index (χ2v) is 5.52. The summed E-state index contributed by atoms with van der Waals surface area (Å²) in [4.78, 5) is 4.04. The highest BCUT2D eigenvalue weighted by Gasteiger charge is 2.40. The van der Waals surface area contributed by atoms with Gasteiger partial charge in [-0.25, -0.2) is 4.98 Å². The van der Waals surface area contributed by atoms with Crippen LogP contribution in [0.4, 0.5) is 13.2 Å². The Labute approximate surface area is 95.1 Å². The van der Waals surface area contributed by atoms with Gasteiger partial charge in [0, 0.05) is 16.5 Å². The van der Waals surface area contributed by atoms with Crippen LogP contribution >= 0.6 is 11.3 Å². The van der Waals surface area contributed by atoms with Crippen LogP contribution in [0, 0.1) is 0 Å². The van der Waals surface area contributed by atoms with E-state index in [9.17, 15) is 18.3 Å². The lowest BCUT2D eigenvalue weighted by atomic mass is 9.87. The molecule has 2 unspecified atom stereocenters. The lowest BCUT2D eigenvalue weighted by Crippen LogP contribution is -2.17. The number of alkyl halides is 3. The van der Waals surface area contributed by atoms with Crippen molar-refractivity contribution in [1.29, 1.82) is 0 Å². The van der Waals surface area contributed by atoms with Gasteiger partial charge < -0.3 is 5.11 Å². The first kappa shape index (κ1) is 11.9. The fourth-order valence-electron chi connectivity index (χ4n) is 2.12. The van der Waals surface area contributed by atoms with Crippen molar-refractivity contribution in [2.75, 3.05) is 0 Å². The summed E-state index contributed by atoms with van der Waals surface area (Å²) >= 11 is 0.691. The number of aromatic nitrogens is 1. The van der Waals surface area contributed by atoms with E-state index in [-0.39, 0.29) is 5.41 Å². The highest BCUT2D eigenvalue weighted by Crippen LogP contribution is 2.45. The molecule has 0 spiro atoms. The van der Waals surface area contributed by atoms with Gasteiger partial charge in [0.15, 0.2) is 5.01 Å². The zero-order valence-electron chi connectivity index (χ0n) is 8.71. The molecule has 0 radical (unpaired) electrons. The molecule has 0 aliphatic heterocycles. The Balaban J connectivity index is 2.25. The van der Waals surface area contributed by atoms with Crippen LogP contribution in [0.5, 0.6) is 0 Å². The number of thiazole rings is 1. The minimum Gasteiger partial charge on any atom is -0.393 e. The van der Waals surface area contributed by atoms with Crippen LogP contribution in [0.1, 0.15) is 36.1 Å². The largest absolute Gasteiger partial charge is 0.443 e. The third-order valence-electron chi connectivity index (χ3n) is 3.06. The zero-order valence-corrected chi connectivity index (χ0v) is 9.53. The normalized spacial score (nSPS) is 30.9. The number of hydrogen-bond acceptors (Lipinski definition) is 3. The highest BCUT2D eigenvalue weighted by atomic mass is 32.1. The Morgan fingerprint density at radius 3 is 2.69 bits per heavy atom. The summed E-state index contributed by atoms with van der Waals surface area (Å²) in [5, 5.41) is 8.65. The molecule has 1 heterocycles. The molecule has 1 aliphatic rings. The molecule has 1 aromatic rings. The van der Waals surface area contributed by atoms with E-state index in [0.29, 0.717) is 35.5 Å². The molecule has 6 heteroatoms. The Hall–Kier alpha value is -0.620. The minimum atomic E-state index is -4.36. The number of aliphatic hydroxyl groups is 1. The molecule has 0 aromatic carbocycles. The first-order valence-corrected chi connectivity index (χ1v) is 5.84. The summed E-state index contributed by atoms with van der Waals surface area (Å²) in [6.45, 7) is 1.89. The first-order chi connectivity index (χ1) is 7.31. The zero-order chi connectivity index (χ0) is 12.0. The monoisotopic (exact) mass is 251 g/mol. The fourth-order valence-corrected chi connectivity index (χ4v) is 3.08. The van der Waals surface area contributed by atoms with E-state index in [4.69, 9.17) is 0 Å². The standard InChI is InChI=1S/C10H12F3NOS/c1-9(3-2-6(15)4-9)7-5-14-8(16-7)10(11,12)13/h5-6,15H,2-4H2,1H3. The van der Waals surface area contributed by atoms with E-state index < -0.39 is 17.3 Å². The predicted octanol–water partition coefficient (Wildman–Crippen LogP) is 2.96. The molecule has 1 aromatic heterocycles. The predicted molar refractivity (Wildman–Crippen MR) is 54.3 cm³/mol. The van der Waals surface area contributed by atoms with Gasteiger partial charge in [0.1, 0.15) is 0 Å². The summed E-state index contributed by atoms with van der Waals surface area (Å²) in [5.41, 5.74) is -0.347. The van der Waals surface area contributed by atoms with Crippen molar-refractivity contribution < 1.29 is 18.3 Å². The number of hydrogen-bond donors (Lipinski definition) is 1. The molecule has 0 bridgehead atoms. The molecule has 1 saturated carbocycles. The summed E-state index contributed by atoms with van der Waals surface area (Å²) in [7, 11) is 0. The maximum atomic E-state index is 12.4. The average Bonchev–Trinajstić information content (AvgIpc) is 2.71. The molecule has 1 N–H and O–H groups in total. The second-order valence-electron chi connectivity index (χ2n) is 4.48. The van der Waals surface area contributed by atoms with Gasteiger partial charge in [0.05, 0.1) is 6.10 Å². The summed E-state index contributed by atoms with van der Waals surface area (Å²) < 4.78 is 37.2. The van der Waals surface area contributed by atoms with Gasteiger partial charge >= 0.3 is 6.18 Å². The Morgan fingerprint density at radius 2 is 2.25 bits per heavy atom. The van der Waals surface area contributed by atoms with Crippen molar-refractivity contribution >= 4 is 11.3 Å². The van der Waals surface area contributed by atoms with Crippen molar-refractivity contribution in [2.24, 2.45) is 0 Å². The van der Waals surface area contributed by atoms with Gasteiger partial charge in [-0.1, -0.05) is 6.92 Å². The van der Waals surface area contributed by atoms with Crippen molar-refractivity contribution in [2.45, 2.75) is 43.9 Å². The average molecular weight is 251 g/mol. The maximum absolute atomic E-state index is 12.4. The van der Waals surface area contributed by atoms with Crippen molar-refractivity contribution in [3.05, 3.63) is 16.1 Å². The molecule has 16 heavy (non-hydrogen) atoms. The van der Waals surface area contributed by atoms with Crippen molar-refractivity contribution in [1.82, 2.24) is 4.98 Å². The molecule has 2 rings (SSSR count). The maximum Gasteiger partial charge on any atom is 0.443 e. The van der Waals surface area contributed by atoms with Gasteiger partial charge in [0.25, 0.3) is 0 Å². The van der Waals surface area contributed by atoms with Gasteiger partial charge in [-0.15, -0.1) is 11.3 Å². The number of aliphatic hydroxyl groups excluding tert-OH is 1. The fraction of sp³-hybridized carbons (Fsp3) is 0.700. The van der Waals surface area contributed by atoms with E-state index in [1.54, 1.807) is 0 Å². The molecular formula is C10H12F3NOS. The van der Waals surface area contributed by atoms with Gasteiger partial charge in [-0.3, -0.25) is 0 Å². The van der Waals surface area contributed by atoms with Gasteiger partial charge in [-0.2, -0.15) is 13.2 Å². The lowest BCUT2D eigenvalue weighted by Gasteiger charge is -2.20. The molecule has 90 valence electrons. The van der Waals surface area contributed by atoms with E-state index in [2.05, 4.69) is 4.98 Å². The molecule has 2 nitrogen and oxygen atoms in total. The Bertz CT molecular complexity index is 390. The lowest BCUT2D eigenvalue weighted by molar-refractivity contribution is -0.137. The molecule has 1 fully saturated rings. The van der Waals surface area contributed by atoms with E-state index >= 15 is 0 Å².